The average Bonchev–Trinajstić information content (AvgIpc) is 1.99. The number of carbonyl (C=O) groups is 1. The van der Waals surface area contributed by atoms with Crippen molar-refractivity contribution in [1.82, 2.24) is 5.32 Å². The lowest BCUT2D eigenvalue weighted by Gasteiger charge is -2.27. The Kier molecular flexibility index (Phi) is 4.23. The summed E-state index contributed by atoms with van der Waals surface area (Å²) in [6.07, 6.45) is 3.39. The van der Waals surface area contributed by atoms with E-state index < -0.39 is 0 Å². The van der Waals surface area contributed by atoms with E-state index in [0.29, 0.717) is 11.8 Å². The van der Waals surface area contributed by atoms with Crippen LogP contribution in [0.2, 0.25) is 0 Å². The molecule has 1 amide bonds. The zero-order valence-electron chi connectivity index (χ0n) is 8.35. The topological polar surface area (TPSA) is 29.1 Å². The molecule has 1 aliphatic carbocycles. The zero-order valence-corrected chi connectivity index (χ0v) is 9.93. The maximum atomic E-state index is 11.5. The monoisotopic (exact) mass is 247 g/mol. The molecule has 0 aromatic carbocycles. The van der Waals surface area contributed by atoms with Crippen molar-refractivity contribution in [2.24, 2.45) is 11.8 Å². The molecule has 2 atom stereocenters. The fourth-order valence-electron chi connectivity index (χ4n) is 1.29. The van der Waals surface area contributed by atoms with E-state index in [-0.39, 0.29) is 11.9 Å². The summed E-state index contributed by atoms with van der Waals surface area (Å²) < 4.78 is 0. The third kappa shape index (κ3) is 2.97. The minimum atomic E-state index is 0.256. The van der Waals surface area contributed by atoms with E-state index in [4.69, 9.17) is 0 Å². The lowest BCUT2D eigenvalue weighted by molar-refractivity contribution is -0.128. The van der Waals surface area contributed by atoms with Gasteiger partial charge in [-0.2, -0.15) is 0 Å². The van der Waals surface area contributed by atoms with Gasteiger partial charge < -0.3 is 5.32 Å². The first-order valence-corrected chi connectivity index (χ1v) is 6.13. The van der Waals surface area contributed by atoms with Gasteiger partial charge in [-0.25, -0.2) is 0 Å². The Morgan fingerprint density at radius 1 is 1.54 bits per heavy atom. The number of hydrogen-bond acceptors (Lipinski definition) is 1. The molecule has 1 saturated carbocycles. The summed E-state index contributed by atoms with van der Waals surface area (Å²) in [5, 5.41) is 4.01. The van der Waals surface area contributed by atoms with Gasteiger partial charge in [-0.3, -0.25) is 4.79 Å². The van der Waals surface area contributed by atoms with Gasteiger partial charge in [-0.1, -0.05) is 29.3 Å². The molecule has 1 N–H and O–H groups in total. The summed E-state index contributed by atoms with van der Waals surface area (Å²) in [7, 11) is 0. The first-order valence-electron chi connectivity index (χ1n) is 5.01. The van der Waals surface area contributed by atoms with Crippen LogP contribution in [0.15, 0.2) is 0 Å². The third-order valence-electron chi connectivity index (χ3n) is 2.94. The highest BCUT2D eigenvalue weighted by atomic mass is 79.9. The van der Waals surface area contributed by atoms with Gasteiger partial charge in [0.15, 0.2) is 0 Å². The Morgan fingerprint density at radius 3 is 2.54 bits per heavy atom. The normalized spacial score (nSPS) is 21.8. The van der Waals surface area contributed by atoms with Gasteiger partial charge in [0.2, 0.25) is 5.91 Å². The van der Waals surface area contributed by atoms with Gasteiger partial charge in [0, 0.05) is 17.3 Å². The molecule has 1 fully saturated rings. The van der Waals surface area contributed by atoms with Crippen molar-refractivity contribution >= 4 is 21.8 Å². The van der Waals surface area contributed by atoms with Crippen LogP contribution < -0.4 is 5.32 Å². The molecule has 0 spiro atoms. The second-order valence-electron chi connectivity index (χ2n) is 4.06. The maximum absolute atomic E-state index is 11.5. The minimum Gasteiger partial charge on any atom is -0.353 e. The quantitative estimate of drug-likeness (QED) is 0.760. The fourth-order valence-corrected chi connectivity index (χ4v) is 1.85. The second kappa shape index (κ2) is 4.99. The molecule has 1 rings (SSSR count). The molecule has 3 heteroatoms. The number of hydrogen-bond donors (Lipinski definition) is 1. The molecular weight excluding hydrogens is 230 g/mol. The second-order valence-corrected chi connectivity index (χ2v) is 4.70. The number of carbonyl (C=O) groups excluding carboxylic acids is 1. The molecule has 2 unspecified atom stereocenters. The number of amides is 1. The van der Waals surface area contributed by atoms with Crippen molar-refractivity contribution in [3.63, 3.8) is 0 Å². The molecule has 1 aliphatic rings. The largest absolute Gasteiger partial charge is 0.353 e. The molecular formula is C10H18BrNO. The molecule has 0 radical (unpaired) electrons. The first kappa shape index (κ1) is 11.0. The van der Waals surface area contributed by atoms with Crippen molar-refractivity contribution in [3.05, 3.63) is 0 Å². The van der Waals surface area contributed by atoms with E-state index >= 15 is 0 Å². The highest BCUT2D eigenvalue weighted by Crippen LogP contribution is 2.26. The molecule has 0 bridgehead atoms. The van der Waals surface area contributed by atoms with Crippen LogP contribution in [0.25, 0.3) is 0 Å². The summed E-state index contributed by atoms with van der Waals surface area (Å²) in [6, 6.07) is 0.285. The first-order chi connectivity index (χ1) is 6.15. The van der Waals surface area contributed by atoms with E-state index in [9.17, 15) is 4.79 Å². The zero-order chi connectivity index (χ0) is 9.84. The molecule has 0 aliphatic heterocycles. The molecule has 13 heavy (non-hydrogen) atoms. The lowest BCUT2D eigenvalue weighted by atomic mass is 9.84. The predicted molar refractivity (Wildman–Crippen MR) is 57.9 cm³/mol. The van der Waals surface area contributed by atoms with Crippen LogP contribution in [0.1, 0.15) is 33.1 Å². The van der Waals surface area contributed by atoms with Crippen molar-refractivity contribution in [2.75, 3.05) is 5.33 Å². The molecule has 0 heterocycles. The Balaban J connectivity index is 2.26. The molecule has 2 nitrogen and oxygen atoms in total. The van der Waals surface area contributed by atoms with Crippen molar-refractivity contribution in [3.8, 4) is 0 Å². The van der Waals surface area contributed by atoms with E-state index in [1.807, 2.05) is 0 Å². The van der Waals surface area contributed by atoms with Crippen LogP contribution in [0.4, 0.5) is 0 Å². The van der Waals surface area contributed by atoms with Gasteiger partial charge in [-0.15, -0.1) is 0 Å². The molecule has 0 aromatic heterocycles. The smallest absolute Gasteiger partial charge is 0.223 e. The van der Waals surface area contributed by atoms with Crippen molar-refractivity contribution in [1.29, 1.82) is 0 Å². The SMILES string of the molecule is CC(CBr)C(C)NC(=O)C1CCC1. The van der Waals surface area contributed by atoms with E-state index in [1.165, 1.54) is 6.42 Å². The van der Waals surface area contributed by atoms with E-state index in [1.54, 1.807) is 0 Å². The van der Waals surface area contributed by atoms with Crippen molar-refractivity contribution in [2.45, 2.75) is 39.2 Å². The maximum Gasteiger partial charge on any atom is 0.223 e. The van der Waals surface area contributed by atoms with E-state index in [0.717, 1.165) is 18.2 Å². The van der Waals surface area contributed by atoms with Gasteiger partial charge in [0.25, 0.3) is 0 Å². The van der Waals surface area contributed by atoms with Crippen LogP contribution in [-0.2, 0) is 4.79 Å². The van der Waals surface area contributed by atoms with Gasteiger partial charge >= 0.3 is 0 Å². The standard InChI is InChI=1S/C10H18BrNO/c1-7(6-11)8(2)12-10(13)9-4-3-5-9/h7-9H,3-6H2,1-2H3,(H,12,13). The highest BCUT2D eigenvalue weighted by Gasteiger charge is 2.26. The summed E-state index contributed by atoms with van der Waals surface area (Å²) in [4.78, 5) is 11.5. The predicted octanol–water partition coefficient (Wildman–Crippen LogP) is 2.32. The van der Waals surface area contributed by atoms with Crippen LogP contribution in [0.3, 0.4) is 0 Å². The molecule has 76 valence electrons. The number of halogens is 1. The van der Waals surface area contributed by atoms with Crippen molar-refractivity contribution < 1.29 is 4.79 Å². The van der Waals surface area contributed by atoms with Crippen LogP contribution in [-0.4, -0.2) is 17.3 Å². The van der Waals surface area contributed by atoms with Crippen LogP contribution in [0.5, 0.6) is 0 Å². The molecule has 0 aromatic rings. The average molecular weight is 248 g/mol. The Morgan fingerprint density at radius 2 is 2.15 bits per heavy atom. The third-order valence-corrected chi connectivity index (χ3v) is 3.96. The number of rotatable bonds is 4. The van der Waals surface area contributed by atoms with Crippen LogP contribution in [0, 0.1) is 11.8 Å². The van der Waals surface area contributed by atoms with Gasteiger partial charge in [0.1, 0.15) is 0 Å². The number of alkyl halides is 1. The lowest BCUT2D eigenvalue weighted by Crippen LogP contribution is -2.42. The number of nitrogens with one attached hydrogen (secondary N) is 1. The van der Waals surface area contributed by atoms with Crippen LogP contribution >= 0.6 is 15.9 Å². The highest BCUT2D eigenvalue weighted by molar-refractivity contribution is 9.09. The molecule has 0 saturated heterocycles. The fraction of sp³-hybridized carbons (Fsp3) is 0.900. The summed E-state index contributed by atoms with van der Waals surface area (Å²) >= 11 is 3.42. The van der Waals surface area contributed by atoms with Gasteiger partial charge in [0.05, 0.1) is 0 Å². The Labute approximate surface area is 88.6 Å². The van der Waals surface area contributed by atoms with Gasteiger partial charge in [-0.05, 0) is 25.7 Å². The minimum absolute atomic E-state index is 0.256. The summed E-state index contributed by atoms with van der Waals surface area (Å²) in [5.74, 6) is 1.07. The summed E-state index contributed by atoms with van der Waals surface area (Å²) in [5.41, 5.74) is 0. The Bertz CT molecular complexity index is 180. The van der Waals surface area contributed by atoms with E-state index in [2.05, 4.69) is 35.1 Å². The Hall–Kier alpha value is -0.0500. The summed E-state index contributed by atoms with van der Waals surface area (Å²) in [6.45, 7) is 4.21.